The molecule has 3 nitrogen and oxygen atoms in total. The third-order valence-corrected chi connectivity index (χ3v) is 3.86. The average Bonchev–Trinajstić information content (AvgIpc) is 2.68. The minimum atomic E-state index is -0.499. The molecule has 0 heterocycles. The number of fused-ring (bicyclic) bond motifs is 1. The second-order valence-electron chi connectivity index (χ2n) is 4.97. The van der Waals surface area contributed by atoms with Gasteiger partial charge in [-0.25, -0.2) is 0 Å². The minimum absolute atomic E-state index is 0.0463. The van der Waals surface area contributed by atoms with Gasteiger partial charge < -0.3 is 10.4 Å². The van der Waals surface area contributed by atoms with Gasteiger partial charge in [0.1, 0.15) is 0 Å². The molecule has 0 spiro atoms. The fourth-order valence-corrected chi connectivity index (χ4v) is 2.68. The van der Waals surface area contributed by atoms with Crippen LogP contribution in [0.2, 0.25) is 0 Å². The molecule has 0 unspecified atom stereocenters. The molecule has 2 N–H and O–H groups in total. The fourth-order valence-electron chi connectivity index (χ4n) is 2.68. The molecule has 0 radical (unpaired) electrons. The maximum Gasteiger partial charge on any atom is 0.223 e. The first-order valence-corrected chi connectivity index (χ1v) is 6.73. The van der Waals surface area contributed by atoms with Gasteiger partial charge >= 0.3 is 0 Å². The maximum atomic E-state index is 12.1. The van der Waals surface area contributed by atoms with Crippen molar-refractivity contribution in [2.75, 3.05) is 0 Å². The monoisotopic (exact) mass is 247 g/mol. The molecule has 1 aliphatic carbocycles. The molecule has 0 saturated heterocycles. The smallest absolute Gasteiger partial charge is 0.223 e. The lowest BCUT2D eigenvalue weighted by atomic mass is 10.0. The van der Waals surface area contributed by atoms with Crippen LogP contribution in [0.15, 0.2) is 24.3 Å². The molecule has 0 aliphatic heterocycles. The van der Waals surface area contributed by atoms with Gasteiger partial charge in [0.15, 0.2) is 0 Å². The second kappa shape index (κ2) is 5.53. The lowest BCUT2D eigenvalue weighted by Gasteiger charge is -2.21. The topological polar surface area (TPSA) is 49.3 Å². The molecule has 1 aromatic rings. The summed E-state index contributed by atoms with van der Waals surface area (Å²) in [4.78, 5) is 12.1. The summed E-state index contributed by atoms with van der Waals surface area (Å²) in [6.45, 7) is 4.04. The highest BCUT2D eigenvalue weighted by Crippen LogP contribution is 2.31. The highest BCUT2D eigenvalue weighted by molar-refractivity contribution is 5.79. The zero-order valence-electron chi connectivity index (χ0n) is 11.0. The van der Waals surface area contributed by atoms with Crippen molar-refractivity contribution in [3.8, 4) is 0 Å². The van der Waals surface area contributed by atoms with Crippen LogP contribution < -0.4 is 5.32 Å². The quantitative estimate of drug-likeness (QED) is 0.857. The summed E-state index contributed by atoms with van der Waals surface area (Å²) in [5.74, 6) is 0.103. The molecule has 0 aromatic heterocycles. The van der Waals surface area contributed by atoms with Crippen LogP contribution in [0.3, 0.4) is 0 Å². The third-order valence-electron chi connectivity index (χ3n) is 3.86. The second-order valence-corrected chi connectivity index (χ2v) is 4.97. The summed E-state index contributed by atoms with van der Waals surface area (Å²) < 4.78 is 0. The largest absolute Gasteiger partial charge is 0.390 e. The molecule has 1 aliphatic rings. The van der Waals surface area contributed by atoms with Crippen LogP contribution in [0.1, 0.15) is 43.9 Å². The van der Waals surface area contributed by atoms with Crippen LogP contribution in [0, 0.1) is 5.92 Å². The van der Waals surface area contributed by atoms with Crippen molar-refractivity contribution in [3.63, 3.8) is 0 Å². The van der Waals surface area contributed by atoms with Gasteiger partial charge in [0.05, 0.1) is 12.1 Å². The third kappa shape index (κ3) is 2.41. The molecule has 2 atom stereocenters. The molecule has 1 amide bonds. The molecule has 98 valence electrons. The van der Waals surface area contributed by atoms with Gasteiger partial charge in [-0.1, -0.05) is 38.1 Å². The molecule has 18 heavy (non-hydrogen) atoms. The van der Waals surface area contributed by atoms with Crippen molar-refractivity contribution in [1.82, 2.24) is 5.32 Å². The number of amides is 1. The van der Waals surface area contributed by atoms with E-state index in [0.29, 0.717) is 6.42 Å². The minimum Gasteiger partial charge on any atom is -0.390 e. The van der Waals surface area contributed by atoms with E-state index in [0.717, 1.165) is 24.0 Å². The van der Waals surface area contributed by atoms with Crippen molar-refractivity contribution < 1.29 is 9.90 Å². The summed E-state index contributed by atoms with van der Waals surface area (Å²) in [6.07, 6.45) is 1.81. The van der Waals surface area contributed by atoms with Crippen molar-refractivity contribution in [1.29, 1.82) is 0 Å². The Balaban J connectivity index is 2.12. The van der Waals surface area contributed by atoms with E-state index in [1.165, 1.54) is 0 Å². The normalized spacial score (nSPS) is 22.0. The molecule has 3 heteroatoms. The Hall–Kier alpha value is -1.35. The van der Waals surface area contributed by atoms with E-state index >= 15 is 0 Å². The Morgan fingerprint density at radius 1 is 1.39 bits per heavy atom. The van der Waals surface area contributed by atoms with Crippen LogP contribution >= 0.6 is 0 Å². The molecule has 1 aromatic carbocycles. The number of benzene rings is 1. The summed E-state index contributed by atoms with van der Waals surface area (Å²) in [5.41, 5.74) is 2.20. The lowest BCUT2D eigenvalue weighted by molar-refractivity contribution is -0.126. The first-order chi connectivity index (χ1) is 8.67. The summed E-state index contributed by atoms with van der Waals surface area (Å²) >= 11 is 0. The van der Waals surface area contributed by atoms with E-state index in [1.807, 2.05) is 38.1 Å². The van der Waals surface area contributed by atoms with Gasteiger partial charge in [-0.05, 0) is 24.0 Å². The predicted octanol–water partition coefficient (Wildman–Crippen LogP) is 2.20. The Morgan fingerprint density at radius 2 is 2.06 bits per heavy atom. The van der Waals surface area contributed by atoms with Crippen LogP contribution in [-0.2, 0) is 11.2 Å². The average molecular weight is 247 g/mol. The molecule has 0 fully saturated rings. The van der Waals surface area contributed by atoms with Crippen molar-refractivity contribution >= 4 is 5.91 Å². The van der Waals surface area contributed by atoms with Crippen molar-refractivity contribution in [3.05, 3.63) is 35.4 Å². The number of hydrogen-bond acceptors (Lipinski definition) is 2. The van der Waals surface area contributed by atoms with Crippen molar-refractivity contribution in [2.45, 2.75) is 45.3 Å². The van der Waals surface area contributed by atoms with E-state index < -0.39 is 6.10 Å². The molecular formula is C15H21NO2. The Labute approximate surface area is 108 Å². The standard InChI is InChI=1S/C15H21NO2/c1-3-10(4-2)15(18)16-14-12-8-6-5-7-11(12)9-13(14)17/h5-8,10,13-14,17H,3-4,9H2,1-2H3,(H,16,18)/t13-,14+/m0/s1. The molecular weight excluding hydrogens is 226 g/mol. The first-order valence-electron chi connectivity index (χ1n) is 6.73. The van der Waals surface area contributed by atoms with E-state index in [1.54, 1.807) is 0 Å². The number of hydrogen-bond donors (Lipinski definition) is 2. The molecule has 0 bridgehead atoms. The number of aliphatic hydroxyl groups is 1. The number of carbonyl (C=O) groups excluding carboxylic acids is 1. The number of rotatable bonds is 4. The van der Waals surface area contributed by atoms with Gasteiger partial charge in [-0.15, -0.1) is 0 Å². The maximum absolute atomic E-state index is 12.1. The van der Waals surface area contributed by atoms with Gasteiger partial charge in [-0.2, -0.15) is 0 Å². The van der Waals surface area contributed by atoms with Crippen molar-refractivity contribution in [2.24, 2.45) is 5.92 Å². The number of nitrogens with one attached hydrogen (secondary N) is 1. The Morgan fingerprint density at radius 3 is 2.72 bits per heavy atom. The zero-order valence-corrected chi connectivity index (χ0v) is 11.0. The van der Waals surface area contributed by atoms with Gasteiger partial charge in [0.25, 0.3) is 0 Å². The Kier molecular flexibility index (Phi) is 4.02. The van der Waals surface area contributed by atoms with Gasteiger partial charge in [0, 0.05) is 12.3 Å². The summed E-state index contributed by atoms with van der Waals surface area (Å²) in [7, 11) is 0. The van der Waals surface area contributed by atoms with E-state index in [4.69, 9.17) is 0 Å². The Bertz CT molecular complexity index is 426. The van der Waals surface area contributed by atoms with Crippen LogP contribution in [0.25, 0.3) is 0 Å². The van der Waals surface area contributed by atoms with E-state index in [2.05, 4.69) is 5.32 Å². The summed E-state index contributed by atoms with van der Waals surface area (Å²) in [6, 6.07) is 7.68. The van der Waals surface area contributed by atoms with Gasteiger partial charge in [0.2, 0.25) is 5.91 Å². The lowest BCUT2D eigenvalue weighted by Crippen LogP contribution is -2.37. The van der Waals surface area contributed by atoms with Crippen LogP contribution in [-0.4, -0.2) is 17.1 Å². The van der Waals surface area contributed by atoms with Crippen LogP contribution in [0.4, 0.5) is 0 Å². The van der Waals surface area contributed by atoms with Gasteiger partial charge in [-0.3, -0.25) is 4.79 Å². The molecule has 2 rings (SSSR count). The molecule has 0 saturated carbocycles. The van der Waals surface area contributed by atoms with Crippen LogP contribution in [0.5, 0.6) is 0 Å². The van der Waals surface area contributed by atoms with E-state index in [-0.39, 0.29) is 17.9 Å². The highest BCUT2D eigenvalue weighted by atomic mass is 16.3. The summed E-state index contributed by atoms with van der Waals surface area (Å²) in [5, 5.41) is 13.1. The highest BCUT2D eigenvalue weighted by Gasteiger charge is 2.32. The number of aliphatic hydroxyl groups excluding tert-OH is 1. The number of carbonyl (C=O) groups is 1. The first kappa shape index (κ1) is 13.1. The zero-order chi connectivity index (χ0) is 13.1. The fraction of sp³-hybridized carbons (Fsp3) is 0.533. The predicted molar refractivity (Wildman–Crippen MR) is 71.1 cm³/mol. The SMILES string of the molecule is CCC(CC)C(=O)N[C@@H]1c2ccccc2C[C@@H]1O. The van der Waals surface area contributed by atoms with E-state index in [9.17, 15) is 9.90 Å².